The number of carbonyl (C=O) groups excluding carboxylic acids is 2. The Labute approximate surface area is 187 Å². The Hall–Kier alpha value is -4.13. The Morgan fingerprint density at radius 3 is 2.00 bits per heavy atom. The third-order valence-corrected chi connectivity index (χ3v) is 4.65. The van der Waals surface area contributed by atoms with E-state index in [9.17, 15) is 9.59 Å². The molecular formula is C25H25N3O4. The summed E-state index contributed by atoms with van der Waals surface area (Å²) < 4.78 is 10.4. The molecular weight excluding hydrogens is 406 g/mol. The Kier molecular flexibility index (Phi) is 7.97. The van der Waals surface area contributed by atoms with E-state index in [4.69, 9.17) is 9.47 Å². The highest BCUT2D eigenvalue weighted by Crippen LogP contribution is 2.27. The van der Waals surface area contributed by atoms with Gasteiger partial charge in [-0.1, -0.05) is 36.4 Å². The van der Waals surface area contributed by atoms with Crippen molar-refractivity contribution in [3.63, 3.8) is 0 Å². The zero-order chi connectivity index (χ0) is 22.8. The number of methoxy groups -OCH3 is 2. The van der Waals surface area contributed by atoms with E-state index in [1.807, 2.05) is 60.7 Å². The molecule has 0 saturated heterocycles. The first-order valence-electron chi connectivity index (χ1n) is 10.1. The van der Waals surface area contributed by atoms with Crippen molar-refractivity contribution in [2.45, 2.75) is 12.8 Å². The molecule has 3 rings (SSSR count). The minimum absolute atomic E-state index is 0.0122. The summed E-state index contributed by atoms with van der Waals surface area (Å²) in [5.41, 5.74) is 4.69. The molecule has 0 aliphatic heterocycles. The van der Waals surface area contributed by atoms with Gasteiger partial charge in [0.2, 0.25) is 11.8 Å². The van der Waals surface area contributed by atoms with Crippen LogP contribution in [0.4, 0.5) is 11.4 Å². The van der Waals surface area contributed by atoms with Crippen LogP contribution in [0, 0.1) is 0 Å². The highest BCUT2D eigenvalue weighted by molar-refractivity contribution is 6.01. The van der Waals surface area contributed by atoms with E-state index in [1.54, 1.807) is 37.3 Å². The Morgan fingerprint density at radius 2 is 1.44 bits per heavy atom. The van der Waals surface area contributed by atoms with E-state index in [0.717, 1.165) is 16.9 Å². The summed E-state index contributed by atoms with van der Waals surface area (Å²) >= 11 is 0. The average molecular weight is 431 g/mol. The molecule has 0 spiro atoms. The van der Waals surface area contributed by atoms with Crippen LogP contribution in [0.2, 0.25) is 0 Å². The molecule has 1 N–H and O–H groups in total. The van der Waals surface area contributed by atoms with Gasteiger partial charge in [0.25, 0.3) is 0 Å². The van der Waals surface area contributed by atoms with Gasteiger partial charge < -0.3 is 9.47 Å². The maximum Gasteiger partial charge on any atom is 0.240 e. The van der Waals surface area contributed by atoms with Crippen LogP contribution in [-0.2, 0) is 9.59 Å². The molecule has 32 heavy (non-hydrogen) atoms. The number of anilines is 2. The van der Waals surface area contributed by atoms with Crippen LogP contribution in [0.5, 0.6) is 11.5 Å². The topological polar surface area (TPSA) is 80.2 Å². The highest BCUT2D eigenvalue weighted by Gasteiger charge is 2.18. The van der Waals surface area contributed by atoms with Gasteiger partial charge >= 0.3 is 0 Å². The summed E-state index contributed by atoms with van der Waals surface area (Å²) in [5, 5.41) is 3.97. The minimum atomic E-state index is -0.351. The van der Waals surface area contributed by atoms with Crippen LogP contribution in [0.1, 0.15) is 18.4 Å². The molecule has 0 aromatic heterocycles. The van der Waals surface area contributed by atoms with Crippen LogP contribution < -0.4 is 19.8 Å². The summed E-state index contributed by atoms with van der Waals surface area (Å²) in [6.07, 6.45) is 1.56. The van der Waals surface area contributed by atoms with E-state index >= 15 is 0 Å². The predicted molar refractivity (Wildman–Crippen MR) is 125 cm³/mol. The van der Waals surface area contributed by atoms with Crippen molar-refractivity contribution in [3.8, 4) is 11.5 Å². The largest absolute Gasteiger partial charge is 0.493 e. The molecule has 0 unspecified atom stereocenters. The van der Waals surface area contributed by atoms with Crippen molar-refractivity contribution >= 4 is 29.4 Å². The van der Waals surface area contributed by atoms with Crippen LogP contribution in [0.15, 0.2) is 84.0 Å². The van der Waals surface area contributed by atoms with Gasteiger partial charge in [-0.2, -0.15) is 5.10 Å². The molecule has 0 aliphatic carbocycles. The Balaban J connectivity index is 1.59. The number of nitrogens with one attached hydrogen (secondary N) is 1. The third kappa shape index (κ3) is 5.95. The van der Waals surface area contributed by atoms with E-state index < -0.39 is 0 Å². The normalized spacial score (nSPS) is 10.6. The lowest BCUT2D eigenvalue weighted by Crippen LogP contribution is -2.27. The second kappa shape index (κ2) is 11.3. The van der Waals surface area contributed by atoms with Gasteiger partial charge in [0, 0.05) is 24.2 Å². The van der Waals surface area contributed by atoms with Crippen molar-refractivity contribution in [2.75, 3.05) is 19.1 Å². The SMILES string of the molecule is COc1ccc(/C=N\NC(=O)CCC(=O)N(c2ccccc2)c2ccccc2)cc1OC. The van der Waals surface area contributed by atoms with Crippen LogP contribution in [0.25, 0.3) is 0 Å². The monoisotopic (exact) mass is 431 g/mol. The molecule has 0 radical (unpaired) electrons. The molecule has 2 amide bonds. The zero-order valence-electron chi connectivity index (χ0n) is 18.0. The summed E-state index contributed by atoms with van der Waals surface area (Å²) in [5.74, 6) is 0.640. The van der Waals surface area contributed by atoms with Gasteiger partial charge in [-0.25, -0.2) is 5.43 Å². The second-order valence-corrected chi connectivity index (χ2v) is 6.81. The van der Waals surface area contributed by atoms with E-state index in [2.05, 4.69) is 10.5 Å². The van der Waals surface area contributed by atoms with Crippen molar-refractivity contribution < 1.29 is 19.1 Å². The van der Waals surface area contributed by atoms with E-state index in [-0.39, 0.29) is 24.7 Å². The molecule has 7 nitrogen and oxygen atoms in total. The van der Waals surface area contributed by atoms with Gasteiger partial charge in [0.1, 0.15) is 0 Å². The smallest absolute Gasteiger partial charge is 0.240 e. The molecule has 0 heterocycles. The number of hydrogen-bond donors (Lipinski definition) is 1. The van der Waals surface area contributed by atoms with E-state index in [1.165, 1.54) is 6.21 Å². The summed E-state index contributed by atoms with van der Waals surface area (Å²) in [4.78, 5) is 26.8. The van der Waals surface area contributed by atoms with Gasteiger partial charge in [0.05, 0.1) is 20.4 Å². The molecule has 164 valence electrons. The number of ether oxygens (including phenoxy) is 2. The van der Waals surface area contributed by atoms with Crippen molar-refractivity contribution in [3.05, 3.63) is 84.4 Å². The van der Waals surface area contributed by atoms with Gasteiger partial charge in [0.15, 0.2) is 11.5 Å². The fourth-order valence-electron chi connectivity index (χ4n) is 3.09. The minimum Gasteiger partial charge on any atom is -0.493 e. The van der Waals surface area contributed by atoms with Gasteiger partial charge in [-0.15, -0.1) is 0 Å². The Bertz CT molecular complexity index is 1030. The van der Waals surface area contributed by atoms with Crippen molar-refractivity contribution in [1.82, 2.24) is 5.43 Å². The lowest BCUT2D eigenvalue weighted by molar-refractivity contribution is -0.124. The van der Waals surface area contributed by atoms with Crippen LogP contribution in [-0.4, -0.2) is 32.2 Å². The van der Waals surface area contributed by atoms with Crippen LogP contribution >= 0.6 is 0 Å². The summed E-state index contributed by atoms with van der Waals surface area (Å²) in [6, 6.07) is 24.0. The number of hydrazone groups is 1. The number of rotatable bonds is 9. The number of amides is 2. The highest BCUT2D eigenvalue weighted by atomic mass is 16.5. The lowest BCUT2D eigenvalue weighted by atomic mass is 10.2. The first-order valence-corrected chi connectivity index (χ1v) is 10.1. The van der Waals surface area contributed by atoms with Gasteiger partial charge in [-0.05, 0) is 48.0 Å². The molecule has 0 saturated carbocycles. The second-order valence-electron chi connectivity index (χ2n) is 6.81. The zero-order valence-corrected chi connectivity index (χ0v) is 18.0. The van der Waals surface area contributed by atoms with Crippen molar-refractivity contribution in [2.24, 2.45) is 5.10 Å². The van der Waals surface area contributed by atoms with Gasteiger partial charge in [-0.3, -0.25) is 14.5 Å². The summed E-state index contributed by atoms with van der Waals surface area (Å²) in [7, 11) is 3.11. The molecule has 3 aromatic carbocycles. The molecule has 0 bridgehead atoms. The number of para-hydroxylation sites is 2. The molecule has 3 aromatic rings. The van der Waals surface area contributed by atoms with Crippen LogP contribution in [0.3, 0.4) is 0 Å². The van der Waals surface area contributed by atoms with E-state index in [0.29, 0.717) is 11.5 Å². The standard InChI is InChI=1S/C25H25N3O4/c1-31-22-14-13-19(17-23(22)32-2)18-26-27-24(29)15-16-25(30)28(20-9-5-3-6-10-20)21-11-7-4-8-12-21/h3-14,17-18H,15-16H2,1-2H3,(H,27,29)/b26-18-. The predicted octanol–water partition coefficient (Wildman–Crippen LogP) is 4.30. The molecule has 0 atom stereocenters. The molecule has 0 fully saturated rings. The Morgan fingerprint density at radius 1 is 0.844 bits per heavy atom. The quantitative estimate of drug-likeness (QED) is 0.405. The summed E-state index contributed by atoms with van der Waals surface area (Å²) in [6.45, 7) is 0. The first kappa shape index (κ1) is 22.6. The first-order chi connectivity index (χ1) is 15.6. The molecule has 7 heteroatoms. The van der Waals surface area contributed by atoms with Crippen molar-refractivity contribution in [1.29, 1.82) is 0 Å². The average Bonchev–Trinajstić information content (AvgIpc) is 2.84. The fourth-order valence-corrected chi connectivity index (χ4v) is 3.09. The third-order valence-electron chi connectivity index (χ3n) is 4.65. The number of nitrogens with zero attached hydrogens (tertiary/aromatic N) is 2. The number of hydrogen-bond acceptors (Lipinski definition) is 5. The fraction of sp³-hybridized carbons (Fsp3) is 0.160. The maximum atomic E-state index is 13.0. The maximum absolute atomic E-state index is 13.0. The molecule has 0 aliphatic rings. The lowest BCUT2D eigenvalue weighted by Gasteiger charge is -2.23. The number of carbonyl (C=O) groups is 2. The number of benzene rings is 3.